The summed E-state index contributed by atoms with van der Waals surface area (Å²) >= 11 is 0. The highest BCUT2D eigenvalue weighted by molar-refractivity contribution is 5.75. The van der Waals surface area contributed by atoms with Crippen molar-refractivity contribution < 1.29 is 4.74 Å². The first kappa shape index (κ1) is 13.2. The summed E-state index contributed by atoms with van der Waals surface area (Å²) in [6, 6.07) is 7.70. The number of benzene rings is 1. The van der Waals surface area contributed by atoms with Crippen LogP contribution in [0.15, 0.2) is 24.3 Å². The molecular formula is C12H14N8O. The second kappa shape index (κ2) is 5.67. The number of anilines is 1. The number of aromatic nitrogens is 6. The van der Waals surface area contributed by atoms with Crippen LogP contribution >= 0.6 is 0 Å². The smallest absolute Gasteiger partial charge is 0.323 e. The topological polar surface area (TPSA) is 117 Å². The molecule has 108 valence electrons. The van der Waals surface area contributed by atoms with Gasteiger partial charge >= 0.3 is 6.01 Å². The van der Waals surface area contributed by atoms with Gasteiger partial charge in [-0.25, -0.2) is 5.84 Å². The van der Waals surface area contributed by atoms with Crippen LogP contribution in [0.4, 0.5) is 5.95 Å². The predicted molar refractivity (Wildman–Crippen MR) is 75.8 cm³/mol. The summed E-state index contributed by atoms with van der Waals surface area (Å²) in [6.45, 7) is 2.50. The highest BCUT2D eigenvalue weighted by Gasteiger charge is 2.12. The van der Waals surface area contributed by atoms with Crippen molar-refractivity contribution >= 4 is 17.0 Å². The first-order valence-electron chi connectivity index (χ1n) is 6.48. The molecule has 3 aromatic rings. The van der Waals surface area contributed by atoms with Gasteiger partial charge in [-0.05, 0) is 18.6 Å². The van der Waals surface area contributed by atoms with Crippen molar-refractivity contribution in [3.63, 3.8) is 0 Å². The Balaban J connectivity index is 2.08. The summed E-state index contributed by atoms with van der Waals surface area (Å²) in [7, 11) is 0. The van der Waals surface area contributed by atoms with Crippen molar-refractivity contribution in [2.45, 2.75) is 13.3 Å². The molecule has 0 aliphatic heterocycles. The zero-order valence-corrected chi connectivity index (χ0v) is 11.4. The standard InChI is InChI=1S/C12H14N8O/c1-2-7-21-12-15-10(17-13)14-11(16-12)20-9-6-4-3-5-8(9)18-19-20/h3-6H,2,7,13H2,1H3,(H,14,15,16,17). The van der Waals surface area contributed by atoms with Crippen molar-refractivity contribution in [3.8, 4) is 12.0 Å². The number of hydrogen-bond donors (Lipinski definition) is 2. The maximum Gasteiger partial charge on any atom is 0.323 e. The van der Waals surface area contributed by atoms with Gasteiger partial charge in [0.15, 0.2) is 0 Å². The molecule has 0 unspecified atom stereocenters. The number of para-hydroxylation sites is 1. The molecule has 9 heteroatoms. The van der Waals surface area contributed by atoms with E-state index in [9.17, 15) is 0 Å². The minimum atomic E-state index is 0.189. The summed E-state index contributed by atoms with van der Waals surface area (Å²) in [5, 5.41) is 8.11. The van der Waals surface area contributed by atoms with Crippen LogP contribution < -0.4 is 16.0 Å². The average molecular weight is 286 g/mol. The number of nitrogen functional groups attached to an aromatic ring is 1. The van der Waals surface area contributed by atoms with Crippen LogP contribution in [0, 0.1) is 0 Å². The molecule has 0 bridgehead atoms. The van der Waals surface area contributed by atoms with E-state index < -0.39 is 0 Å². The van der Waals surface area contributed by atoms with Gasteiger partial charge in [0.1, 0.15) is 5.52 Å². The van der Waals surface area contributed by atoms with E-state index in [1.54, 1.807) is 0 Å². The molecular weight excluding hydrogens is 272 g/mol. The van der Waals surface area contributed by atoms with E-state index >= 15 is 0 Å². The zero-order chi connectivity index (χ0) is 14.7. The fraction of sp³-hybridized carbons (Fsp3) is 0.250. The lowest BCUT2D eigenvalue weighted by Gasteiger charge is -2.07. The van der Waals surface area contributed by atoms with Gasteiger partial charge in [0.25, 0.3) is 5.95 Å². The Kier molecular flexibility index (Phi) is 3.56. The Bertz CT molecular complexity index is 756. The first-order chi connectivity index (χ1) is 10.3. The summed E-state index contributed by atoms with van der Waals surface area (Å²) in [6.07, 6.45) is 0.846. The van der Waals surface area contributed by atoms with Gasteiger partial charge in [-0.1, -0.05) is 24.3 Å². The molecule has 9 nitrogen and oxygen atoms in total. The van der Waals surface area contributed by atoms with Gasteiger partial charge < -0.3 is 4.74 Å². The molecule has 0 radical (unpaired) electrons. The normalized spacial score (nSPS) is 10.8. The van der Waals surface area contributed by atoms with Crippen molar-refractivity contribution in [2.24, 2.45) is 5.84 Å². The Morgan fingerprint density at radius 3 is 2.90 bits per heavy atom. The van der Waals surface area contributed by atoms with E-state index in [0.717, 1.165) is 17.5 Å². The number of hydrogen-bond acceptors (Lipinski definition) is 8. The second-order valence-corrected chi connectivity index (χ2v) is 4.22. The van der Waals surface area contributed by atoms with E-state index in [1.807, 2.05) is 31.2 Å². The van der Waals surface area contributed by atoms with Crippen molar-refractivity contribution in [1.82, 2.24) is 29.9 Å². The van der Waals surface area contributed by atoms with Gasteiger partial charge in [0, 0.05) is 0 Å². The minimum Gasteiger partial charge on any atom is -0.463 e. The molecule has 0 fully saturated rings. The zero-order valence-electron chi connectivity index (χ0n) is 11.4. The fourth-order valence-electron chi connectivity index (χ4n) is 1.78. The lowest BCUT2D eigenvalue weighted by molar-refractivity contribution is 0.291. The molecule has 0 amide bonds. The van der Waals surface area contributed by atoms with Gasteiger partial charge in [-0.15, -0.1) is 5.10 Å². The Hall–Kier alpha value is -2.81. The van der Waals surface area contributed by atoms with Crippen LogP contribution in [0.5, 0.6) is 6.01 Å². The first-order valence-corrected chi connectivity index (χ1v) is 6.48. The van der Waals surface area contributed by atoms with Crippen LogP contribution in [0.2, 0.25) is 0 Å². The number of nitrogens with two attached hydrogens (primary N) is 1. The number of nitrogens with one attached hydrogen (secondary N) is 1. The lowest BCUT2D eigenvalue weighted by Crippen LogP contribution is -2.15. The summed E-state index contributed by atoms with van der Waals surface area (Å²) < 4.78 is 6.94. The SMILES string of the molecule is CCCOc1nc(NN)nc(-n2nnc3ccccc32)n1. The van der Waals surface area contributed by atoms with E-state index in [4.69, 9.17) is 10.6 Å². The molecule has 0 aliphatic rings. The second-order valence-electron chi connectivity index (χ2n) is 4.22. The van der Waals surface area contributed by atoms with Crippen LogP contribution in [0.3, 0.4) is 0 Å². The third-order valence-electron chi connectivity index (χ3n) is 2.71. The molecule has 1 aromatic carbocycles. The molecule has 3 rings (SSSR count). The van der Waals surface area contributed by atoms with Gasteiger partial charge in [0.05, 0.1) is 12.1 Å². The maximum atomic E-state index is 5.43. The van der Waals surface area contributed by atoms with Crippen LogP contribution in [-0.2, 0) is 0 Å². The predicted octanol–water partition coefficient (Wildman–Crippen LogP) is 0.680. The number of rotatable bonds is 5. The quantitative estimate of drug-likeness (QED) is 0.519. The van der Waals surface area contributed by atoms with Crippen molar-refractivity contribution in [3.05, 3.63) is 24.3 Å². The van der Waals surface area contributed by atoms with Gasteiger partial charge in [0.2, 0.25) is 5.95 Å². The molecule has 0 spiro atoms. The van der Waals surface area contributed by atoms with Crippen LogP contribution in [0.1, 0.15) is 13.3 Å². The average Bonchev–Trinajstić information content (AvgIpc) is 2.96. The third kappa shape index (κ3) is 2.58. The molecule has 3 N–H and O–H groups in total. The molecule has 0 aliphatic carbocycles. The fourth-order valence-corrected chi connectivity index (χ4v) is 1.78. The molecule has 0 atom stereocenters. The van der Waals surface area contributed by atoms with Crippen molar-refractivity contribution in [1.29, 1.82) is 0 Å². The number of hydrazine groups is 1. The summed E-state index contributed by atoms with van der Waals surface area (Å²) in [5.41, 5.74) is 3.92. The summed E-state index contributed by atoms with van der Waals surface area (Å²) in [5.74, 6) is 5.87. The highest BCUT2D eigenvalue weighted by Crippen LogP contribution is 2.15. The van der Waals surface area contributed by atoms with E-state index in [1.165, 1.54) is 4.68 Å². The minimum absolute atomic E-state index is 0.189. The third-order valence-corrected chi connectivity index (χ3v) is 2.71. The highest BCUT2D eigenvalue weighted by atomic mass is 16.5. The molecule has 2 aromatic heterocycles. The maximum absolute atomic E-state index is 5.43. The van der Waals surface area contributed by atoms with Gasteiger partial charge in [-0.3, -0.25) is 5.43 Å². The number of fused-ring (bicyclic) bond motifs is 1. The monoisotopic (exact) mass is 286 g/mol. The largest absolute Gasteiger partial charge is 0.463 e. The Morgan fingerprint density at radius 2 is 2.10 bits per heavy atom. The summed E-state index contributed by atoms with van der Waals surface area (Å²) in [4.78, 5) is 12.4. The molecule has 0 saturated heterocycles. The Morgan fingerprint density at radius 1 is 1.24 bits per heavy atom. The number of ether oxygens (including phenoxy) is 1. The van der Waals surface area contributed by atoms with E-state index in [-0.39, 0.29) is 17.9 Å². The lowest BCUT2D eigenvalue weighted by atomic mass is 10.3. The molecule has 2 heterocycles. The molecule has 21 heavy (non-hydrogen) atoms. The van der Waals surface area contributed by atoms with E-state index in [2.05, 4.69) is 30.7 Å². The molecule has 0 saturated carbocycles. The Labute approximate surface area is 120 Å². The van der Waals surface area contributed by atoms with Crippen LogP contribution in [0.25, 0.3) is 17.0 Å². The number of nitrogens with zero attached hydrogens (tertiary/aromatic N) is 6. The van der Waals surface area contributed by atoms with Crippen LogP contribution in [-0.4, -0.2) is 36.6 Å². The van der Waals surface area contributed by atoms with Gasteiger partial charge in [-0.2, -0.15) is 19.6 Å². The van der Waals surface area contributed by atoms with E-state index in [0.29, 0.717) is 6.61 Å². The van der Waals surface area contributed by atoms with Crippen molar-refractivity contribution in [2.75, 3.05) is 12.0 Å².